The van der Waals surface area contributed by atoms with Gasteiger partial charge in [0.15, 0.2) is 0 Å². The molecule has 1 heterocycles. The van der Waals surface area contributed by atoms with Crippen LogP contribution in [0.25, 0.3) is 11.3 Å². The van der Waals surface area contributed by atoms with Gasteiger partial charge in [-0.15, -0.1) is 0 Å². The molecule has 0 aliphatic carbocycles. The van der Waals surface area contributed by atoms with Crippen molar-refractivity contribution in [3.05, 3.63) is 53.2 Å². The number of pyridine rings is 1. The summed E-state index contributed by atoms with van der Waals surface area (Å²) in [4.78, 5) is 4.23. The first kappa shape index (κ1) is 14.0. The van der Waals surface area contributed by atoms with Crippen LogP contribution >= 0.6 is 11.6 Å². The Bertz CT molecular complexity index is 672. The van der Waals surface area contributed by atoms with Crippen LogP contribution in [-0.2, 0) is 20.9 Å². The number of hydrogen-bond acceptors (Lipinski definition) is 4. The van der Waals surface area contributed by atoms with Gasteiger partial charge in [-0.05, 0) is 6.07 Å². The van der Waals surface area contributed by atoms with Gasteiger partial charge in [0.05, 0.1) is 18.6 Å². The van der Waals surface area contributed by atoms with E-state index in [0.29, 0.717) is 5.56 Å². The molecule has 2 rings (SSSR count). The Hall–Kier alpha value is -1.43. The molecule has 1 aromatic carbocycles. The molecule has 100 valence electrons. The largest absolute Gasteiger partial charge is 0.265 e. The number of benzene rings is 1. The average Bonchev–Trinajstić information content (AvgIpc) is 2.37. The second-order valence-corrected chi connectivity index (χ2v) is 5.98. The van der Waals surface area contributed by atoms with Gasteiger partial charge in [0.1, 0.15) is 5.15 Å². The minimum Gasteiger partial charge on any atom is -0.265 e. The van der Waals surface area contributed by atoms with Crippen LogP contribution in [0.5, 0.6) is 0 Å². The van der Waals surface area contributed by atoms with E-state index in [1.54, 1.807) is 12.1 Å². The van der Waals surface area contributed by atoms with Crippen molar-refractivity contribution in [2.45, 2.75) is 6.61 Å². The quantitative estimate of drug-likeness (QED) is 0.643. The zero-order valence-corrected chi connectivity index (χ0v) is 11.8. The van der Waals surface area contributed by atoms with Crippen LogP contribution in [0.1, 0.15) is 5.56 Å². The molecule has 4 nitrogen and oxygen atoms in total. The predicted molar refractivity (Wildman–Crippen MR) is 74.3 cm³/mol. The van der Waals surface area contributed by atoms with E-state index < -0.39 is 10.1 Å². The van der Waals surface area contributed by atoms with Crippen molar-refractivity contribution < 1.29 is 12.6 Å². The highest BCUT2D eigenvalue weighted by molar-refractivity contribution is 7.85. The fraction of sp³-hybridized carbons (Fsp3) is 0.154. The molecule has 0 fully saturated rings. The van der Waals surface area contributed by atoms with Gasteiger partial charge in [-0.2, -0.15) is 8.42 Å². The molecule has 19 heavy (non-hydrogen) atoms. The fourth-order valence-corrected chi connectivity index (χ4v) is 2.06. The van der Waals surface area contributed by atoms with Crippen molar-refractivity contribution in [1.82, 2.24) is 4.98 Å². The summed E-state index contributed by atoms with van der Waals surface area (Å²) in [5, 5.41) is 0.241. The van der Waals surface area contributed by atoms with Gasteiger partial charge >= 0.3 is 0 Å². The van der Waals surface area contributed by atoms with Crippen LogP contribution in [0.2, 0.25) is 5.15 Å². The third-order valence-corrected chi connectivity index (χ3v) is 3.30. The van der Waals surface area contributed by atoms with Crippen LogP contribution < -0.4 is 0 Å². The summed E-state index contributed by atoms with van der Waals surface area (Å²) < 4.78 is 26.5. The highest BCUT2D eigenvalue weighted by Crippen LogP contribution is 2.22. The molecule has 0 aliphatic rings. The zero-order valence-electron chi connectivity index (χ0n) is 10.2. The maximum absolute atomic E-state index is 10.9. The molecule has 0 N–H and O–H groups in total. The van der Waals surface area contributed by atoms with Crippen molar-refractivity contribution in [2.24, 2.45) is 0 Å². The van der Waals surface area contributed by atoms with Crippen LogP contribution in [0.15, 0.2) is 42.5 Å². The summed E-state index contributed by atoms with van der Waals surface area (Å²) in [7, 11) is -3.49. The SMILES string of the molecule is CS(=O)(=O)OCc1ccc(-c2ccccc2)nc1Cl. The summed E-state index contributed by atoms with van der Waals surface area (Å²) in [6, 6.07) is 13.1. The maximum atomic E-state index is 10.9. The Morgan fingerprint density at radius 1 is 1.16 bits per heavy atom. The Balaban J connectivity index is 2.23. The summed E-state index contributed by atoms with van der Waals surface area (Å²) in [5.74, 6) is 0. The first-order valence-electron chi connectivity index (χ1n) is 5.51. The van der Waals surface area contributed by atoms with E-state index in [9.17, 15) is 8.42 Å². The Morgan fingerprint density at radius 3 is 2.42 bits per heavy atom. The summed E-state index contributed by atoms with van der Waals surface area (Å²) >= 11 is 6.02. The van der Waals surface area contributed by atoms with E-state index in [4.69, 9.17) is 11.6 Å². The molecule has 0 radical (unpaired) electrons. The molecule has 6 heteroatoms. The van der Waals surface area contributed by atoms with Gasteiger partial charge < -0.3 is 0 Å². The topological polar surface area (TPSA) is 56.3 Å². The lowest BCUT2D eigenvalue weighted by Gasteiger charge is -2.06. The van der Waals surface area contributed by atoms with E-state index in [2.05, 4.69) is 9.17 Å². The minimum absolute atomic E-state index is 0.111. The summed E-state index contributed by atoms with van der Waals surface area (Å²) in [6.07, 6.45) is 0.993. The minimum atomic E-state index is -3.49. The third-order valence-electron chi connectivity index (χ3n) is 2.42. The molecular formula is C13H12ClNO3S. The van der Waals surface area contributed by atoms with E-state index >= 15 is 0 Å². The van der Waals surface area contributed by atoms with Crippen LogP contribution in [0.4, 0.5) is 0 Å². The molecule has 0 aliphatic heterocycles. The monoisotopic (exact) mass is 297 g/mol. The molecule has 0 saturated heterocycles. The molecule has 0 saturated carbocycles. The van der Waals surface area contributed by atoms with Gasteiger partial charge in [-0.25, -0.2) is 4.98 Å². The Labute approximate surface area is 117 Å². The fourth-order valence-electron chi connectivity index (χ4n) is 1.51. The average molecular weight is 298 g/mol. The van der Waals surface area contributed by atoms with Gasteiger partial charge in [0, 0.05) is 11.1 Å². The first-order valence-corrected chi connectivity index (χ1v) is 7.70. The van der Waals surface area contributed by atoms with E-state index in [-0.39, 0.29) is 11.8 Å². The van der Waals surface area contributed by atoms with Gasteiger partial charge in [-0.3, -0.25) is 4.18 Å². The molecule has 0 spiro atoms. The molecule has 0 amide bonds. The normalized spacial score (nSPS) is 11.5. The van der Waals surface area contributed by atoms with E-state index in [1.165, 1.54) is 0 Å². The molecular weight excluding hydrogens is 286 g/mol. The molecule has 2 aromatic rings. The highest BCUT2D eigenvalue weighted by Gasteiger charge is 2.08. The first-order chi connectivity index (χ1) is 8.96. The second kappa shape index (κ2) is 5.69. The summed E-state index contributed by atoms with van der Waals surface area (Å²) in [5.41, 5.74) is 2.21. The van der Waals surface area contributed by atoms with Crippen molar-refractivity contribution in [1.29, 1.82) is 0 Å². The van der Waals surface area contributed by atoms with Crippen LogP contribution in [-0.4, -0.2) is 19.7 Å². The predicted octanol–water partition coefficient (Wildman–Crippen LogP) is 2.88. The lowest BCUT2D eigenvalue weighted by molar-refractivity contribution is 0.311. The molecule has 0 atom stereocenters. The number of hydrogen-bond donors (Lipinski definition) is 0. The lowest BCUT2D eigenvalue weighted by Crippen LogP contribution is -2.03. The van der Waals surface area contributed by atoms with Gasteiger partial charge in [0.25, 0.3) is 10.1 Å². The maximum Gasteiger partial charge on any atom is 0.264 e. The van der Waals surface area contributed by atoms with Gasteiger partial charge in [-0.1, -0.05) is 48.0 Å². The lowest BCUT2D eigenvalue weighted by atomic mass is 10.1. The zero-order chi connectivity index (χ0) is 13.9. The van der Waals surface area contributed by atoms with Crippen LogP contribution in [0, 0.1) is 0 Å². The molecule has 0 bridgehead atoms. The van der Waals surface area contributed by atoms with Gasteiger partial charge in [0.2, 0.25) is 0 Å². The number of rotatable bonds is 4. The second-order valence-electron chi connectivity index (χ2n) is 3.98. The van der Waals surface area contributed by atoms with Crippen molar-refractivity contribution >= 4 is 21.7 Å². The van der Waals surface area contributed by atoms with Crippen molar-refractivity contribution in [3.8, 4) is 11.3 Å². The Morgan fingerprint density at radius 2 is 1.84 bits per heavy atom. The number of aromatic nitrogens is 1. The number of nitrogens with zero attached hydrogens (tertiary/aromatic N) is 1. The van der Waals surface area contributed by atoms with Crippen LogP contribution in [0.3, 0.4) is 0 Å². The smallest absolute Gasteiger partial charge is 0.264 e. The standard InChI is InChI=1S/C13H12ClNO3S/c1-19(16,17)18-9-11-7-8-12(15-13(11)14)10-5-3-2-4-6-10/h2-8H,9H2,1H3. The third kappa shape index (κ3) is 4.02. The van der Waals surface area contributed by atoms with E-state index in [1.807, 2.05) is 30.3 Å². The number of halogens is 1. The molecule has 0 unspecified atom stereocenters. The molecule has 1 aromatic heterocycles. The highest BCUT2D eigenvalue weighted by atomic mass is 35.5. The van der Waals surface area contributed by atoms with E-state index in [0.717, 1.165) is 17.5 Å². The Kier molecular flexibility index (Phi) is 4.19. The summed E-state index contributed by atoms with van der Waals surface area (Å²) in [6.45, 7) is -0.111. The van der Waals surface area contributed by atoms with Crippen molar-refractivity contribution in [2.75, 3.05) is 6.26 Å². The van der Waals surface area contributed by atoms with Crippen molar-refractivity contribution in [3.63, 3.8) is 0 Å².